The second-order valence-corrected chi connectivity index (χ2v) is 18.9. The van der Waals surface area contributed by atoms with Crippen molar-refractivity contribution < 1.29 is 24.5 Å². The molecule has 0 bridgehead atoms. The number of allylic oxidation sites excluding steroid dienone is 9. The first kappa shape index (κ1) is 62.6. The van der Waals surface area contributed by atoms with Crippen LogP contribution in [0.5, 0.6) is 0 Å². The monoisotopic (exact) mass is 910 g/mol. The van der Waals surface area contributed by atoms with Crippen molar-refractivity contribution in [2.75, 3.05) is 13.2 Å². The number of esters is 1. The maximum Gasteiger partial charge on any atom is 0.305 e. The lowest BCUT2D eigenvalue weighted by molar-refractivity contribution is -0.143. The minimum absolute atomic E-state index is 0.0382. The smallest absolute Gasteiger partial charge is 0.305 e. The molecule has 0 fully saturated rings. The van der Waals surface area contributed by atoms with Crippen molar-refractivity contribution in [2.24, 2.45) is 0 Å². The summed E-state index contributed by atoms with van der Waals surface area (Å²) in [7, 11) is 0. The molecule has 378 valence electrons. The third-order valence-electron chi connectivity index (χ3n) is 12.5. The molecule has 0 spiro atoms. The molecule has 0 aliphatic carbocycles. The highest BCUT2D eigenvalue weighted by molar-refractivity contribution is 5.76. The Balaban J connectivity index is 3.58. The average molecular weight is 911 g/mol. The zero-order valence-corrected chi connectivity index (χ0v) is 43.0. The van der Waals surface area contributed by atoms with E-state index in [2.05, 4.69) is 67.8 Å². The summed E-state index contributed by atoms with van der Waals surface area (Å²) < 4.78 is 5.43. The molecule has 0 aromatic heterocycles. The largest absolute Gasteiger partial charge is 0.466 e. The van der Waals surface area contributed by atoms with Gasteiger partial charge < -0.3 is 20.3 Å². The van der Waals surface area contributed by atoms with E-state index in [9.17, 15) is 19.8 Å². The molecule has 0 aromatic rings. The minimum Gasteiger partial charge on any atom is -0.466 e. The first-order valence-electron chi connectivity index (χ1n) is 28.1. The molecule has 2 atom stereocenters. The van der Waals surface area contributed by atoms with Crippen molar-refractivity contribution in [3.05, 3.63) is 60.8 Å². The van der Waals surface area contributed by atoms with Crippen LogP contribution in [0.3, 0.4) is 0 Å². The summed E-state index contributed by atoms with van der Waals surface area (Å²) in [6.07, 6.45) is 69.5. The summed E-state index contributed by atoms with van der Waals surface area (Å²) in [4.78, 5) is 24.5. The number of hydrogen-bond acceptors (Lipinski definition) is 5. The van der Waals surface area contributed by atoms with E-state index in [1.165, 1.54) is 161 Å². The van der Waals surface area contributed by atoms with Gasteiger partial charge in [-0.2, -0.15) is 0 Å². The van der Waals surface area contributed by atoms with Gasteiger partial charge >= 0.3 is 5.97 Å². The molecule has 0 aromatic carbocycles. The van der Waals surface area contributed by atoms with Crippen molar-refractivity contribution >= 4 is 11.9 Å². The Hall–Kier alpha value is -2.44. The number of rotatable bonds is 51. The van der Waals surface area contributed by atoms with Gasteiger partial charge in [-0.25, -0.2) is 0 Å². The summed E-state index contributed by atoms with van der Waals surface area (Å²) in [6, 6.07) is -0.647. The highest BCUT2D eigenvalue weighted by Crippen LogP contribution is 2.16. The molecular weight excluding hydrogens is 803 g/mol. The second-order valence-electron chi connectivity index (χ2n) is 18.9. The average Bonchev–Trinajstić information content (AvgIpc) is 3.31. The summed E-state index contributed by atoms with van der Waals surface area (Å²) in [5, 5.41) is 23.1. The topological polar surface area (TPSA) is 95.9 Å². The first-order valence-corrected chi connectivity index (χ1v) is 28.1. The number of ether oxygens (including phenoxy) is 1. The van der Waals surface area contributed by atoms with Crippen LogP contribution in [0.4, 0.5) is 0 Å². The van der Waals surface area contributed by atoms with Crippen LogP contribution >= 0.6 is 0 Å². The van der Waals surface area contributed by atoms with Crippen LogP contribution in [0.2, 0.25) is 0 Å². The molecule has 65 heavy (non-hydrogen) atoms. The Kier molecular flexibility index (Phi) is 52.1. The van der Waals surface area contributed by atoms with Gasteiger partial charge in [0.05, 0.1) is 25.4 Å². The number of unbranched alkanes of at least 4 members (excludes halogenated alkanes) is 33. The molecule has 0 saturated heterocycles. The van der Waals surface area contributed by atoms with E-state index in [0.717, 1.165) is 89.9 Å². The molecule has 0 saturated carbocycles. The molecule has 6 heteroatoms. The zero-order valence-electron chi connectivity index (χ0n) is 43.0. The molecular formula is C59H107NO5. The van der Waals surface area contributed by atoms with Crippen LogP contribution < -0.4 is 5.32 Å². The van der Waals surface area contributed by atoms with E-state index in [-0.39, 0.29) is 18.5 Å². The van der Waals surface area contributed by atoms with E-state index in [4.69, 9.17) is 4.74 Å². The van der Waals surface area contributed by atoms with Crippen molar-refractivity contribution in [1.29, 1.82) is 0 Å². The van der Waals surface area contributed by atoms with Gasteiger partial charge in [-0.1, -0.05) is 235 Å². The number of carbonyl (C=O) groups excluding carboxylic acids is 2. The zero-order chi connectivity index (χ0) is 47.2. The van der Waals surface area contributed by atoms with Crippen LogP contribution in [-0.2, 0) is 14.3 Å². The number of nitrogens with one attached hydrogen (secondary N) is 1. The Bertz CT molecular complexity index is 1140. The fraction of sp³-hybridized carbons (Fsp3) is 0.797. The second kappa shape index (κ2) is 54.2. The fourth-order valence-electron chi connectivity index (χ4n) is 8.17. The Morgan fingerprint density at radius 2 is 0.831 bits per heavy atom. The van der Waals surface area contributed by atoms with Crippen LogP contribution in [0.25, 0.3) is 0 Å². The molecule has 0 heterocycles. The van der Waals surface area contributed by atoms with Crippen LogP contribution in [-0.4, -0.2) is 47.4 Å². The third kappa shape index (κ3) is 50.8. The van der Waals surface area contributed by atoms with Gasteiger partial charge in [0.25, 0.3) is 0 Å². The summed E-state index contributed by atoms with van der Waals surface area (Å²) in [6.45, 7) is 4.80. The SMILES string of the molecule is CCCC/C=C\C/C=C\CCCCCCCC(=O)OCCCCC/C=C\C=C/CCCCCCCCC(=O)NC(CO)C(O)/C=C/CCCCCCCCCCCCCCCCCCC. The highest BCUT2D eigenvalue weighted by atomic mass is 16.5. The van der Waals surface area contributed by atoms with Gasteiger partial charge in [0, 0.05) is 12.8 Å². The number of hydrogen-bond donors (Lipinski definition) is 3. The van der Waals surface area contributed by atoms with Crippen molar-refractivity contribution in [2.45, 2.75) is 289 Å². The molecule has 0 aliphatic rings. The van der Waals surface area contributed by atoms with Gasteiger partial charge in [-0.3, -0.25) is 9.59 Å². The molecule has 6 nitrogen and oxygen atoms in total. The Labute approximate surface area is 403 Å². The first-order chi connectivity index (χ1) is 32.0. The molecule has 0 radical (unpaired) electrons. The predicted octanol–water partition coefficient (Wildman–Crippen LogP) is 17.2. The van der Waals surface area contributed by atoms with Gasteiger partial charge in [-0.15, -0.1) is 0 Å². The van der Waals surface area contributed by atoms with Gasteiger partial charge in [0.15, 0.2) is 0 Å². The molecule has 0 rings (SSSR count). The molecule has 3 N–H and O–H groups in total. The van der Waals surface area contributed by atoms with Gasteiger partial charge in [0.2, 0.25) is 5.91 Å². The Morgan fingerprint density at radius 1 is 0.446 bits per heavy atom. The van der Waals surface area contributed by atoms with Crippen molar-refractivity contribution in [3.8, 4) is 0 Å². The standard InChI is InChI=1S/C59H107NO5/c1-3-5-7-9-11-13-15-17-19-20-21-22-24-27-31-35-39-43-47-51-57(62)56(55-61)60-58(63)52-48-44-40-36-32-28-25-23-26-30-34-38-42-46-50-54-65-59(64)53-49-45-41-37-33-29-18-16-14-12-10-8-6-4-2/h10,12,16,18,23,26,30,34,47,51,56-57,61-62H,3-9,11,13-15,17,19-22,24-25,27-29,31-33,35-46,48-50,52-55H2,1-2H3,(H,60,63)/b12-10-,18-16-,26-23-,34-30-,51-47+. The van der Waals surface area contributed by atoms with Gasteiger partial charge in [-0.05, 0) is 89.9 Å². The van der Waals surface area contributed by atoms with Crippen molar-refractivity contribution in [1.82, 2.24) is 5.32 Å². The number of aliphatic hydroxyl groups excluding tert-OH is 2. The maximum absolute atomic E-state index is 12.5. The van der Waals surface area contributed by atoms with Gasteiger partial charge in [0.1, 0.15) is 0 Å². The van der Waals surface area contributed by atoms with Crippen LogP contribution in [0, 0.1) is 0 Å². The Morgan fingerprint density at radius 3 is 1.31 bits per heavy atom. The quantitative estimate of drug-likeness (QED) is 0.0245. The van der Waals surface area contributed by atoms with E-state index < -0.39 is 12.1 Å². The summed E-state index contributed by atoms with van der Waals surface area (Å²) >= 11 is 0. The summed E-state index contributed by atoms with van der Waals surface area (Å²) in [5.41, 5.74) is 0. The predicted molar refractivity (Wildman–Crippen MR) is 282 cm³/mol. The molecule has 0 aliphatic heterocycles. The van der Waals surface area contributed by atoms with Crippen LogP contribution in [0.15, 0.2) is 60.8 Å². The van der Waals surface area contributed by atoms with E-state index in [1.807, 2.05) is 6.08 Å². The van der Waals surface area contributed by atoms with Crippen molar-refractivity contribution in [3.63, 3.8) is 0 Å². The normalized spacial score (nSPS) is 13.1. The van der Waals surface area contributed by atoms with E-state index in [0.29, 0.717) is 19.4 Å². The van der Waals surface area contributed by atoms with Crippen LogP contribution in [0.1, 0.15) is 277 Å². The number of carbonyl (C=O) groups is 2. The minimum atomic E-state index is -0.861. The molecule has 2 unspecified atom stereocenters. The van der Waals surface area contributed by atoms with E-state index >= 15 is 0 Å². The lowest BCUT2D eigenvalue weighted by Crippen LogP contribution is -2.45. The lowest BCUT2D eigenvalue weighted by atomic mass is 10.0. The summed E-state index contributed by atoms with van der Waals surface area (Å²) in [5.74, 6) is -0.129. The maximum atomic E-state index is 12.5. The number of amides is 1. The molecule has 1 amide bonds. The lowest BCUT2D eigenvalue weighted by Gasteiger charge is -2.20. The van der Waals surface area contributed by atoms with E-state index in [1.54, 1.807) is 6.08 Å². The number of aliphatic hydroxyl groups is 2. The third-order valence-corrected chi connectivity index (χ3v) is 12.5. The fourth-order valence-corrected chi connectivity index (χ4v) is 8.17. The highest BCUT2D eigenvalue weighted by Gasteiger charge is 2.18.